The smallest absolute Gasteiger partial charge is 0.340 e. The molecule has 1 aromatic heterocycles. The molecule has 1 aliphatic rings. The predicted molar refractivity (Wildman–Crippen MR) is 86.7 cm³/mol. The van der Waals surface area contributed by atoms with Gasteiger partial charge in [-0.15, -0.1) is 11.3 Å². The summed E-state index contributed by atoms with van der Waals surface area (Å²) in [6.45, 7) is 0. The van der Waals surface area contributed by atoms with Crippen LogP contribution in [0.4, 0.5) is 5.00 Å². The van der Waals surface area contributed by atoms with Crippen LogP contribution in [0.15, 0.2) is 29.6 Å². The first-order chi connectivity index (χ1) is 10.7. The summed E-state index contributed by atoms with van der Waals surface area (Å²) in [5, 5.41) is 5.09. The number of aryl methyl sites for hydroxylation is 2. The van der Waals surface area contributed by atoms with Crippen LogP contribution in [0, 0.1) is 0 Å². The van der Waals surface area contributed by atoms with E-state index in [0.29, 0.717) is 16.1 Å². The van der Waals surface area contributed by atoms with Crippen molar-refractivity contribution in [2.75, 3.05) is 12.4 Å². The molecular weight excluding hydrogens is 298 g/mol. The molecule has 1 aromatic carbocycles. The number of hydrogen-bond donors (Lipinski definition) is 1. The quantitative estimate of drug-likeness (QED) is 0.879. The normalized spacial score (nSPS) is 13.3. The Balaban J connectivity index is 1.80. The van der Waals surface area contributed by atoms with Crippen LogP contribution in [-0.2, 0) is 17.6 Å². The summed E-state index contributed by atoms with van der Waals surface area (Å²) in [6.07, 6.45) is 4.52. The lowest BCUT2D eigenvalue weighted by molar-refractivity contribution is 0.0602. The third-order valence-corrected chi connectivity index (χ3v) is 4.74. The molecule has 0 unspecified atom stereocenters. The van der Waals surface area contributed by atoms with Crippen LogP contribution in [0.25, 0.3) is 0 Å². The third kappa shape index (κ3) is 2.90. The van der Waals surface area contributed by atoms with E-state index in [1.807, 2.05) is 18.2 Å². The Labute approximate surface area is 133 Å². The van der Waals surface area contributed by atoms with Crippen molar-refractivity contribution in [2.24, 2.45) is 0 Å². The number of rotatable bonds is 3. The van der Waals surface area contributed by atoms with Gasteiger partial charge < -0.3 is 10.1 Å². The van der Waals surface area contributed by atoms with Crippen molar-refractivity contribution in [3.63, 3.8) is 0 Å². The Morgan fingerprint density at radius 1 is 1.14 bits per heavy atom. The number of hydrogen-bond acceptors (Lipinski definition) is 4. The Hall–Kier alpha value is -2.14. The fourth-order valence-electron chi connectivity index (χ4n) is 2.73. The third-order valence-electron chi connectivity index (χ3n) is 3.91. The van der Waals surface area contributed by atoms with Gasteiger partial charge in [0.2, 0.25) is 0 Å². The van der Waals surface area contributed by atoms with E-state index in [-0.39, 0.29) is 5.91 Å². The minimum atomic E-state index is -0.443. The zero-order chi connectivity index (χ0) is 15.5. The van der Waals surface area contributed by atoms with Gasteiger partial charge in [0.15, 0.2) is 0 Å². The van der Waals surface area contributed by atoms with Crippen molar-refractivity contribution in [3.8, 4) is 0 Å². The zero-order valence-corrected chi connectivity index (χ0v) is 13.2. The van der Waals surface area contributed by atoms with Crippen molar-refractivity contribution in [3.05, 3.63) is 51.9 Å². The topological polar surface area (TPSA) is 55.4 Å². The summed E-state index contributed by atoms with van der Waals surface area (Å²) < 4.78 is 4.71. The molecule has 5 heteroatoms. The van der Waals surface area contributed by atoms with Gasteiger partial charge in [-0.05, 0) is 60.4 Å². The van der Waals surface area contributed by atoms with Crippen LogP contribution in [0.3, 0.4) is 0 Å². The average Bonchev–Trinajstić information content (AvgIpc) is 3.01. The van der Waals surface area contributed by atoms with Crippen molar-refractivity contribution >= 4 is 28.2 Å². The number of anilines is 1. The highest BCUT2D eigenvalue weighted by atomic mass is 32.1. The number of carbonyl (C=O) groups excluding carboxylic acids is 2. The number of ether oxygens (including phenoxy) is 1. The van der Waals surface area contributed by atoms with Crippen LogP contribution in [-0.4, -0.2) is 19.0 Å². The van der Waals surface area contributed by atoms with Crippen molar-refractivity contribution in [1.29, 1.82) is 0 Å². The van der Waals surface area contributed by atoms with Gasteiger partial charge in [0, 0.05) is 5.56 Å². The molecule has 2 aromatic rings. The highest BCUT2D eigenvalue weighted by Crippen LogP contribution is 2.26. The van der Waals surface area contributed by atoms with Crippen LogP contribution in [0.2, 0.25) is 0 Å². The number of fused-ring (bicyclic) bond motifs is 1. The molecule has 0 radical (unpaired) electrons. The Kier molecular flexibility index (Phi) is 4.24. The van der Waals surface area contributed by atoms with Crippen LogP contribution in [0.1, 0.15) is 44.7 Å². The molecule has 0 aliphatic heterocycles. The van der Waals surface area contributed by atoms with E-state index >= 15 is 0 Å². The molecule has 0 fully saturated rings. The van der Waals surface area contributed by atoms with Crippen molar-refractivity contribution < 1.29 is 14.3 Å². The van der Waals surface area contributed by atoms with E-state index in [4.69, 9.17) is 4.74 Å². The summed E-state index contributed by atoms with van der Waals surface area (Å²) in [4.78, 5) is 24.0. The maximum atomic E-state index is 12.4. The average molecular weight is 315 g/mol. The molecule has 1 aliphatic carbocycles. The standard InChI is InChI=1S/C17H17NO3S/c1-21-17(20)14-8-9-22-16(14)18-15(19)13-7-6-11-4-2-3-5-12(11)10-13/h6-10H,2-5H2,1H3,(H,18,19). The van der Waals surface area contributed by atoms with Gasteiger partial charge in [-0.1, -0.05) is 6.07 Å². The van der Waals surface area contributed by atoms with Gasteiger partial charge in [0.1, 0.15) is 5.00 Å². The van der Waals surface area contributed by atoms with Gasteiger partial charge in [-0.2, -0.15) is 0 Å². The number of amides is 1. The number of esters is 1. The predicted octanol–water partition coefficient (Wildman–Crippen LogP) is 3.67. The second-order valence-corrected chi connectivity index (χ2v) is 6.22. The molecule has 22 heavy (non-hydrogen) atoms. The SMILES string of the molecule is COC(=O)c1ccsc1NC(=O)c1ccc2c(c1)CCCC2. The molecular formula is C17H17NO3S. The first-order valence-electron chi connectivity index (χ1n) is 7.28. The van der Waals surface area contributed by atoms with Gasteiger partial charge in [-0.3, -0.25) is 4.79 Å². The van der Waals surface area contributed by atoms with E-state index in [9.17, 15) is 9.59 Å². The van der Waals surface area contributed by atoms with Gasteiger partial charge in [0.05, 0.1) is 12.7 Å². The molecule has 1 heterocycles. The van der Waals surface area contributed by atoms with Gasteiger partial charge in [0.25, 0.3) is 5.91 Å². The second kappa shape index (κ2) is 6.32. The molecule has 3 rings (SSSR count). The molecule has 4 nitrogen and oxygen atoms in total. The second-order valence-electron chi connectivity index (χ2n) is 5.30. The van der Waals surface area contributed by atoms with Crippen LogP contribution < -0.4 is 5.32 Å². The van der Waals surface area contributed by atoms with E-state index in [1.54, 1.807) is 11.4 Å². The number of nitrogens with one attached hydrogen (secondary N) is 1. The molecule has 1 N–H and O–H groups in total. The number of thiophene rings is 1. The van der Waals surface area contributed by atoms with Gasteiger partial charge in [-0.25, -0.2) is 4.79 Å². The monoisotopic (exact) mass is 315 g/mol. The molecule has 1 amide bonds. The van der Waals surface area contributed by atoms with Crippen LogP contribution >= 0.6 is 11.3 Å². The molecule has 0 saturated heterocycles. The molecule has 0 spiro atoms. The van der Waals surface area contributed by atoms with E-state index in [2.05, 4.69) is 5.32 Å². The van der Waals surface area contributed by atoms with Crippen molar-refractivity contribution in [1.82, 2.24) is 0 Å². The molecule has 0 bridgehead atoms. The minimum absolute atomic E-state index is 0.194. The molecule has 114 valence electrons. The summed E-state index contributed by atoms with van der Waals surface area (Å²) in [6, 6.07) is 7.51. The number of methoxy groups -OCH3 is 1. The van der Waals surface area contributed by atoms with E-state index in [1.165, 1.54) is 42.4 Å². The fourth-order valence-corrected chi connectivity index (χ4v) is 3.50. The largest absolute Gasteiger partial charge is 0.465 e. The van der Waals surface area contributed by atoms with Crippen LogP contribution in [0.5, 0.6) is 0 Å². The summed E-state index contributed by atoms with van der Waals surface area (Å²) >= 11 is 1.31. The zero-order valence-electron chi connectivity index (χ0n) is 12.3. The Bertz CT molecular complexity index is 720. The Morgan fingerprint density at radius 3 is 2.68 bits per heavy atom. The summed E-state index contributed by atoms with van der Waals surface area (Å²) in [7, 11) is 1.33. The number of benzene rings is 1. The lowest BCUT2D eigenvalue weighted by Crippen LogP contribution is -2.15. The highest BCUT2D eigenvalue weighted by Gasteiger charge is 2.17. The maximum absolute atomic E-state index is 12.4. The molecule has 0 atom stereocenters. The van der Waals surface area contributed by atoms with Crippen molar-refractivity contribution in [2.45, 2.75) is 25.7 Å². The number of carbonyl (C=O) groups is 2. The lowest BCUT2D eigenvalue weighted by Gasteiger charge is -2.16. The molecule has 0 saturated carbocycles. The first kappa shape index (κ1) is 14.8. The summed E-state index contributed by atoms with van der Waals surface area (Å²) in [5.74, 6) is -0.636. The maximum Gasteiger partial charge on any atom is 0.340 e. The first-order valence-corrected chi connectivity index (χ1v) is 8.16. The summed E-state index contributed by atoms with van der Waals surface area (Å²) in [5.41, 5.74) is 3.62. The highest BCUT2D eigenvalue weighted by molar-refractivity contribution is 7.14. The lowest BCUT2D eigenvalue weighted by atomic mass is 9.90. The van der Waals surface area contributed by atoms with Gasteiger partial charge >= 0.3 is 5.97 Å². The van der Waals surface area contributed by atoms with E-state index in [0.717, 1.165) is 12.8 Å². The fraction of sp³-hybridized carbons (Fsp3) is 0.294. The Morgan fingerprint density at radius 2 is 1.91 bits per heavy atom. The minimum Gasteiger partial charge on any atom is -0.465 e. The van der Waals surface area contributed by atoms with E-state index < -0.39 is 5.97 Å².